The third kappa shape index (κ3) is 1.06. The Hall–Kier alpha value is -1.15. The van der Waals surface area contributed by atoms with E-state index in [1.54, 1.807) is 6.41 Å². The van der Waals surface area contributed by atoms with Gasteiger partial charge in [-0.1, -0.05) is 0 Å². The molecule has 0 aliphatic carbocycles. The van der Waals surface area contributed by atoms with Gasteiger partial charge in [0.15, 0.2) is 6.04 Å². The molecule has 1 aliphatic rings. The topological polar surface area (TPSA) is 57.6 Å². The van der Waals surface area contributed by atoms with Crippen molar-refractivity contribution in [1.82, 2.24) is 4.90 Å². The summed E-state index contributed by atoms with van der Waals surface area (Å²) < 4.78 is 0. The average molecular weight is 142 g/mol. The number of likely N-dealkylation sites (tertiary alicyclic amines) is 1. The van der Waals surface area contributed by atoms with E-state index in [2.05, 4.69) is 0 Å². The second-order valence-electron chi connectivity index (χ2n) is 2.28. The highest BCUT2D eigenvalue weighted by Crippen LogP contribution is 2.14. The van der Waals surface area contributed by atoms with Gasteiger partial charge in [-0.3, -0.25) is 0 Å². The molecule has 1 fully saturated rings. The molecule has 1 N–H and O–H groups in total. The smallest absolute Gasteiger partial charge is 0.480 e. The molecule has 0 aromatic carbocycles. The van der Waals surface area contributed by atoms with E-state index in [0.717, 1.165) is 6.42 Å². The standard InChI is InChI=1S/C6H7NO3/c8-4-7-3-1-2-5(7)6(9)10/h5H,1-3H2/p+1. The van der Waals surface area contributed by atoms with Crippen LogP contribution in [0.4, 0.5) is 0 Å². The van der Waals surface area contributed by atoms with E-state index >= 15 is 0 Å². The largest absolute Gasteiger partial charge is 0.668 e. The van der Waals surface area contributed by atoms with E-state index in [0.29, 0.717) is 13.0 Å². The summed E-state index contributed by atoms with van der Waals surface area (Å²) in [4.78, 5) is 21.6. The molecule has 0 aromatic rings. The van der Waals surface area contributed by atoms with E-state index in [4.69, 9.17) is 5.11 Å². The van der Waals surface area contributed by atoms with Gasteiger partial charge in [0, 0.05) is 0 Å². The number of aliphatic carboxylic acids is 1. The number of carboxylic acid groups (broad SMARTS) is 1. The fourth-order valence-electron chi connectivity index (χ4n) is 1.13. The first kappa shape index (κ1) is 6.96. The molecule has 1 heterocycles. The van der Waals surface area contributed by atoms with Crippen LogP contribution in [-0.2, 0) is 9.59 Å². The zero-order valence-electron chi connectivity index (χ0n) is 5.41. The van der Waals surface area contributed by atoms with Crippen LogP contribution in [0.1, 0.15) is 12.8 Å². The van der Waals surface area contributed by atoms with Gasteiger partial charge in [-0.25, -0.2) is 4.79 Å². The van der Waals surface area contributed by atoms with Crippen LogP contribution in [0, 0.1) is 0 Å². The molecule has 0 aromatic heterocycles. The van der Waals surface area contributed by atoms with Crippen LogP contribution in [-0.4, -0.2) is 35.0 Å². The molecule has 1 saturated heterocycles. The SMILES string of the molecule is O=[C+]N1CCCC1C(=O)O. The summed E-state index contributed by atoms with van der Waals surface area (Å²) in [5.41, 5.74) is 0. The van der Waals surface area contributed by atoms with Crippen LogP contribution in [0.15, 0.2) is 0 Å². The van der Waals surface area contributed by atoms with Crippen LogP contribution in [0.2, 0.25) is 0 Å². The summed E-state index contributed by atoms with van der Waals surface area (Å²) in [5.74, 6) is -0.930. The van der Waals surface area contributed by atoms with Gasteiger partial charge in [0.05, 0.1) is 11.3 Å². The maximum absolute atomic E-state index is 10.4. The summed E-state index contributed by atoms with van der Waals surface area (Å²) in [6.07, 6.45) is 2.93. The van der Waals surface area contributed by atoms with Crippen molar-refractivity contribution in [2.75, 3.05) is 6.54 Å². The lowest BCUT2D eigenvalue weighted by atomic mass is 10.2. The Morgan fingerprint density at radius 2 is 2.40 bits per heavy atom. The van der Waals surface area contributed by atoms with E-state index in [1.807, 2.05) is 0 Å². The number of carbonyl (C=O) groups is 1. The second kappa shape index (κ2) is 2.62. The Morgan fingerprint density at radius 1 is 1.70 bits per heavy atom. The highest BCUT2D eigenvalue weighted by molar-refractivity contribution is 5.76. The third-order valence-corrected chi connectivity index (χ3v) is 1.66. The monoisotopic (exact) mass is 142 g/mol. The van der Waals surface area contributed by atoms with Crippen molar-refractivity contribution in [1.29, 1.82) is 0 Å². The van der Waals surface area contributed by atoms with Crippen molar-refractivity contribution >= 4 is 12.4 Å². The van der Waals surface area contributed by atoms with Gasteiger partial charge in [-0.2, -0.15) is 0 Å². The molecule has 0 spiro atoms. The fourth-order valence-corrected chi connectivity index (χ4v) is 1.13. The lowest BCUT2D eigenvalue weighted by Gasteiger charge is -2.02. The van der Waals surface area contributed by atoms with Crippen LogP contribution in [0.3, 0.4) is 0 Å². The van der Waals surface area contributed by atoms with Crippen molar-refractivity contribution in [3.05, 3.63) is 0 Å². The Bertz CT molecular complexity index is 157. The maximum Gasteiger partial charge on any atom is 0.668 e. The highest BCUT2D eigenvalue weighted by Gasteiger charge is 2.38. The van der Waals surface area contributed by atoms with Crippen molar-refractivity contribution < 1.29 is 14.7 Å². The van der Waals surface area contributed by atoms with Gasteiger partial charge in [0.2, 0.25) is 0 Å². The molecule has 10 heavy (non-hydrogen) atoms. The Balaban J connectivity index is 2.58. The van der Waals surface area contributed by atoms with E-state index in [-0.39, 0.29) is 0 Å². The van der Waals surface area contributed by atoms with Crippen molar-refractivity contribution in [2.24, 2.45) is 0 Å². The van der Waals surface area contributed by atoms with Gasteiger partial charge in [-0.15, -0.1) is 4.90 Å². The van der Waals surface area contributed by atoms with Gasteiger partial charge in [0.25, 0.3) is 0 Å². The van der Waals surface area contributed by atoms with Gasteiger partial charge in [0.1, 0.15) is 0 Å². The van der Waals surface area contributed by atoms with E-state index in [1.165, 1.54) is 4.90 Å². The van der Waals surface area contributed by atoms with Crippen LogP contribution >= 0.6 is 0 Å². The number of hydrogen-bond acceptors (Lipinski definition) is 2. The maximum atomic E-state index is 10.4. The molecule has 0 saturated carbocycles. The van der Waals surface area contributed by atoms with Crippen LogP contribution in [0.25, 0.3) is 0 Å². The van der Waals surface area contributed by atoms with Crippen LogP contribution < -0.4 is 0 Å². The van der Waals surface area contributed by atoms with Gasteiger partial charge < -0.3 is 5.11 Å². The number of hydrogen-bond donors (Lipinski definition) is 1. The Kier molecular flexibility index (Phi) is 1.83. The highest BCUT2D eigenvalue weighted by atomic mass is 16.4. The molecular formula is C6H8NO3+. The molecule has 1 aliphatic heterocycles. The first-order chi connectivity index (χ1) is 4.75. The number of nitrogens with zero attached hydrogens (tertiary/aromatic N) is 1. The minimum atomic E-state index is -0.930. The summed E-state index contributed by atoms with van der Waals surface area (Å²) in [7, 11) is 0. The molecule has 4 nitrogen and oxygen atoms in total. The number of carbonyl (C=O) groups excluding carboxylic acids is 1. The summed E-state index contributed by atoms with van der Waals surface area (Å²) >= 11 is 0. The second-order valence-corrected chi connectivity index (χ2v) is 2.28. The third-order valence-electron chi connectivity index (χ3n) is 1.66. The average Bonchev–Trinajstić information content (AvgIpc) is 2.33. The molecule has 1 unspecified atom stereocenters. The predicted molar refractivity (Wildman–Crippen MR) is 33.1 cm³/mol. The lowest BCUT2D eigenvalue weighted by molar-refractivity contribution is -0.140. The van der Waals surface area contributed by atoms with E-state index < -0.39 is 12.0 Å². The molecule has 1 atom stereocenters. The first-order valence-corrected chi connectivity index (χ1v) is 3.13. The number of carboxylic acids is 1. The predicted octanol–water partition coefficient (Wildman–Crippen LogP) is -0.397. The van der Waals surface area contributed by atoms with Crippen molar-refractivity contribution in [2.45, 2.75) is 18.9 Å². The molecule has 1 rings (SSSR count). The Labute approximate surface area is 58.4 Å². The fraction of sp³-hybridized carbons (Fsp3) is 0.667. The van der Waals surface area contributed by atoms with Crippen LogP contribution in [0.5, 0.6) is 0 Å². The lowest BCUT2D eigenvalue weighted by Crippen LogP contribution is -2.34. The summed E-state index contributed by atoms with van der Waals surface area (Å²) in [5, 5.41) is 8.49. The number of rotatable bonds is 2. The van der Waals surface area contributed by atoms with Crippen molar-refractivity contribution in [3.63, 3.8) is 0 Å². The Morgan fingerprint density at radius 3 is 2.80 bits per heavy atom. The minimum absolute atomic E-state index is 0.528. The van der Waals surface area contributed by atoms with Gasteiger partial charge >= 0.3 is 12.4 Å². The normalized spacial score (nSPS) is 24.4. The molecule has 0 bridgehead atoms. The zero-order valence-corrected chi connectivity index (χ0v) is 5.41. The van der Waals surface area contributed by atoms with Crippen molar-refractivity contribution in [3.8, 4) is 0 Å². The molecule has 54 valence electrons. The van der Waals surface area contributed by atoms with Gasteiger partial charge in [-0.05, 0) is 12.8 Å². The summed E-state index contributed by atoms with van der Waals surface area (Å²) in [6, 6.07) is -0.627. The molecular weight excluding hydrogens is 134 g/mol. The quantitative estimate of drug-likeness (QED) is 0.534. The number of amides is 1. The molecule has 4 heteroatoms. The van der Waals surface area contributed by atoms with E-state index in [9.17, 15) is 9.59 Å². The first-order valence-electron chi connectivity index (χ1n) is 3.13. The molecule has 0 radical (unpaired) electrons. The minimum Gasteiger partial charge on any atom is -0.480 e. The summed E-state index contributed by atoms with van der Waals surface area (Å²) in [6.45, 7) is 0.528. The molecule has 1 amide bonds. The zero-order chi connectivity index (χ0) is 7.56.